The minimum atomic E-state index is -5.20. The fourth-order valence-electron chi connectivity index (χ4n) is 2.83. The number of hydrogen-bond acceptors (Lipinski definition) is 12. The third kappa shape index (κ3) is 7.90. The van der Waals surface area contributed by atoms with Crippen LogP contribution in [0.4, 0.5) is 0 Å². The van der Waals surface area contributed by atoms with Gasteiger partial charge in [0, 0.05) is 0 Å². The Kier molecular flexibility index (Phi) is 14.2. The monoisotopic (exact) mass is 506 g/mol. The van der Waals surface area contributed by atoms with E-state index in [9.17, 15) is 40.3 Å². The van der Waals surface area contributed by atoms with Crippen molar-refractivity contribution in [2.45, 2.75) is 61.4 Å². The predicted molar refractivity (Wildman–Crippen MR) is 95.5 cm³/mol. The van der Waals surface area contributed by atoms with Gasteiger partial charge in [-0.15, -0.1) is 0 Å². The van der Waals surface area contributed by atoms with Crippen LogP contribution in [0.25, 0.3) is 0 Å². The van der Waals surface area contributed by atoms with Gasteiger partial charge in [0.25, 0.3) is 0 Å². The van der Waals surface area contributed by atoms with E-state index in [1.807, 2.05) is 0 Å². The molecule has 2 aliphatic heterocycles. The summed E-state index contributed by atoms with van der Waals surface area (Å²) in [6, 6.07) is 0. The second-order valence-electron chi connectivity index (χ2n) is 6.10. The van der Waals surface area contributed by atoms with Crippen molar-refractivity contribution < 1.29 is 74.5 Å². The molecular formula is C12H27Ca2O14P. The van der Waals surface area contributed by atoms with E-state index in [4.69, 9.17) is 24.0 Å². The van der Waals surface area contributed by atoms with Crippen LogP contribution in [0.2, 0.25) is 0 Å². The average Bonchev–Trinajstić information content (AvgIpc) is 2.60. The van der Waals surface area contributed by atoms with Crippen LogP contribution >= 0.6 is 7.82 Å². The van der Waals surface area contributed by atoms with Crippen LogP contribution in [-0.4, -0.2) is 196 Å². The van der Waals surface area contributed by atoms with Gasteiger partial charge in [-0.1, -0.05) is 0 Å². The number of phosphoric acid groups is 1. The van der Waals surface area contributed by atoms with Crippen LogP contribution in [0, 0.1) is 0 Å². The third-order valence-electron chi connectivity index (χ3n) is 4.21. The largest absolute Gasteiger partial charge is 2.00 e. The van der Waals surface area contributed by atoms with E-state index in [0.29, 0.717) is 0 Å². The Morgan fingerprint density at radius 2 is 1.31 bits per heavy atom. The van der Waals surface area contributed by atoms with Crippen LogP contribution in [0.1, 0.15) is 5.71 Å². The minimum Gasteiger partial charge on any atom is -1.00 e. The molecule has 0 radical (unpaired) electrons. The van der Waals surface area contributed by atoms with Gasteiger partial charge < -0.3 is 65.4 Å². The fourth-order valence-corrected chi connectivity index (χ4v) is 3.37. The van der Waals surface area contributed by atoms with Crippen molar-refractivity contribution >= 4 is 83.3 Å². The second kappa shape index (κ2) is 13.2. The molecule has 0 aromatic rings. The van der Waals surface area contributed by atoms with E-state index in [0.717, 1.165) is 0 Å². The molecule has 0 unspecified atom stereocenters. The number of rotatable bonds is 6. The van der Waals surface area contributed by atoms with Crippen molar-refractivity contribution in [3.63, 3.8) is 0 Å². The standard InChI is InChI=1S/C12H23O14P.2Ca.4H/c13-1-3-5(15)6(16)10(26-27(20,21)22)12(24-3)25-9-4(2-14)23-11(19)8(18)7(9)17;;;;;;/h3-19H,1-2H2,(H2,20,21,22);;;;;;/q;2*+2;4*-1/t3-,4-,5+,6+,7-,8-,9-,10-,11-,12+;;;;;;/m1....../s1. The van der Waals surface area contributed by atoms with Gasteiger partial charge in [-0.3, -0.25) is 4.52 Å². The molecule has 2 aliphatic rings. The van der Waals surface area contributed by atoms with E-state index in [1.54, 1.807) is 0 Å². The minimum absolute atomic E-state index is 0. The number of aliphatic hydroxyl groups is 7. The fraction of sp³-hybridized carbons (Fsp3) is 1.00. The Morgan fingerprint density at radius 1 is 0.793 bits per heavy atom. The molecule has 2 heterocycles. The van der Waals surface area contributed by atoms with Crippen molar-refractivity contribution in [1.82, 2.24) is 0 Å². The Morgan fingerprint density at radius 3 is 1.79 bits per heavy atom. The number of ether oxygens (including phenoxy) is 3. The number of hydrogen-bond donors (Lipinski definition) is 9. The Hall–Kier alpha value is 2.23. The van der Waals surface area contributed by atoms with E-state index in [1.165, 1.54) is 0 Å². The van der Waals surface area contributed by atoms with Crippen LogP contribution in [0.15, 0.2) is 0 Å². The first kappa shape index (κ1) is 31.2. The van der Waals surface area contributed by atoms with Crippen molar-refractivity contribution in [2.75, 3.05) is 13.2 Å². The Bertz CT molecular complexity index is 554. The Balaban J connectivity index is -0.000000436. The van der Waals surface area contributed by atoms with Gasteiger partial charge in [-0.25, -0.2) is 4.57 Å². The zero-order chi connectivity index (χ0) is 20.5. The molecule has 0 amide bonds. The summed E-state index contributed by atoms with van der Waals surface area (Å²) in [5, 5.41) is 67.7. The molecule has 29 heavy (non-hydrogen) atoms. The summed E-state index contributed by atoms with van der Waals surface area (Å²) in [6.45, 7) is -1.61. The van der Waals surface area contributed by atoms with Crippen LogP contribution in [-0.2, 0) is 23.3 Å². The zero-order valence-corrected chi connectivity index (χ0v) is 20.4. The number of phosphoric ester groups is 1. The average molecular weight is 506 g/mol. The molecule has 168 valence electrons. The molecule has 0 spiro atoms. The Labute approximate surface area is 230 Å². The molecule has 0 aromatic heterocycles. The first-order valence-electron chi connectivity index (χ1n) is 7.82. The van der Waals surface area contributed by atoms with Crippen molar-refractivity contribution in [2.24, 2.45) is 0 Å². The summed E-state index contributed by atoms with van der Waals surface area (Å²) >= 11 is 0. The summed E-state index contributed by atoms with van der Waals surface area (Å²) in [6.07, 6.45) is -17.6. The molecule has 2 rings (SSSR count). The smallest absolute Gasteiger partial charge is 1.00 e. The van der Waals surface area contributed by atoms with Gasteiger partial charge in [0.15, 0.2) is 12.6 Å². The van der Waals surface area contributed by atoms with E-state index >= 15 is 0 Å². The van der Waals surface area contributed by atoms with Gasteiger partial charge >= 0.3 is 83.3 Å². The maximum absolute atomic E-state index is 11.2. The van der Waals surface area contributed by atoms with Crippen molar-refractivity contribution in [3.8, 4) is 0 Å². The maximum Gasteiger partial charge on any atom is 2.00 e. The summed E-state index contributed by atoms with van der Waals surface area (Å²) < 4.78 is 30.8. The molecule has 0 aliphatic carbocycles. The number of aliphatic hydroxyl groups excluding tert-OH is 7. The molecule has 0 bridgehead atoms. The first-order valence-corrected chi connectivity index (χ1v) is 9.35. The van der Waals surface area contributed by atoms with Crippen LogP contribution in [0.3, 0.4) is 0 Å². The third-order valence-corrected chi connectivity index (χ3v) is 4.73. The van der Waals surface area contributed by atoms with Gasteiger partial charge in [0.05, 0.1) is 13.2 Å². The van der Waals surface area contributed by atoms with E-state index < -0.39 is 82.4 Å². The maximum atomic E-state index is 11.2. The van der Waals surface area contributed by atoms with Gasteiger partial charge in [0.1, 0.15) is 48.8 Å². The topological polar surface area (TPSA) is 236 Å². The molecule has 17 heteroatoms. The molecule has 2 saturated heterocycles. The molecule has 0 saturated carbocycles. The molecular weight excluding hydrogens is 479 g/mol. The summed E-state index contributed by atoms with van der Waals surface area (Å²) in [5.74, 6) is 0. The van der Waals surface area contributed by atoms with Gasteiger partial charge in [0.2, 0.25) is 0 Å². The van der Waals surface area contributed by atoms with Crippen molar-refractivity contribution in [1.29, 1.82) is 0 Å². The van der Waals surface area contributed by atoms with E-state index in [-0.39, 0.29) is 81.2 Å². The molecule has 0 aromatic carbocycles. The first-order chi connectivity index (χ1) is 12.5. The van der Waals surface area contributed by atoms with Gasteiger partial charge in [-0.05, 0) is 0 Å². The normalized spacial score (nSPS) is 43.2. The van der Waals surface area contributed by atoms with Crippen molar-refractivity contribution in [3.05, 3.63) is 0 Å². The second-order valence-corrected chi connectivity index (χ2v) is 7.29. The molecule has 10 atom stereocenters. The SMILES string of the molecule is O=P(O)(O)O[C@H]1[C@H](O[C@H]2[C@H](O)[C@@H](O)[C@H](O)O[C@@H]2CO)O[C@H](CO)[C@H](O)[C@@H]1O.[Ca+2].[Ca+2].[H-].[H-].[H-].[H-]. The summed E-state index contributed by atoms with van der Waals surface area (Å²) in [4.78, 5) is 18.0. The van der Waals surface area contributed by atoms with E-state index in [2.05, 4.69) is 4.52 Å². The zero-order valence-electron chi connectivity index (χ0n) is 19.1. The summed E-state index contributed by atoms with van der Waals surface area (Å²) in [7, 11) is -5.20. The predicted octanol–water partition coefficient (Wildman–Crippen LogP) is -5.59. The van der Waals surface area contributed by atoms with Gasteiger partial charge in [-0.2, -0.15) is 0 Å². The van der Waals surface area contributed by atoms with Crippen LogP contribution in [0.5, 0.6) is 0 Å². The summed E-state index contributed by atoms with van der Waals surface area (Å²) in [5.41, 5.74) is 0. The van der Waals surface area contributed by atoms with Crippen LogP contribution < -0.4 is 0 Å². The molecule has 14 nitrogen and oxygen atoms in total. The quantitative estimate of drug-likeness (QED) is 0.121. The molecule has 2 fully saturated rings. The molecule has 9 N–H and O–H groups in total.